The van der Waals surface area contributed by atoms with Gasteiger partial charge in [0.05, 0.1) is 5.69 Å². The fourth-order valence-corrected chi connectivity index (χ4v) is 1.67. The van der Waals surface area contributed by atoms with Crippen molar-refractivity contribution in [3.05, 3.63) is 41.3 Å². The Bertz CT molecular complexity index is 648. The number of rotatable bonds is 3. The minimum atomic E-state index is -1.15. The maximum Gasteiger partial charge on any atom is 0.339 e. The minimum absolute atomic E-state index is 0.0128. The van der Waals surface area contributed by atoms with Gasteiger partial charge in [-0.2, -0.15) is 5.10 Å². The molecule has 0 saturated carbocycles. The molecule has 19 heavy (non-hydrogen) atoms. The summed E-state index contributed by atoms with van der Waals surface area (Å²) in [5.41, 5.74) is 0.973. The molecule has 0 atom stereocenters. The number of carboxylic acids is 1. The minimum Gasteiger partial charge on any atom is -0.478 e. The van der Waals surface area contributed by atoms with Crippen molar-refractivity contribution in [2.75, 3.05) is 5.32 Å². The first-order valence-corrected chi connectivity index (χ1v) is 5.49. The zero-order chi connectivity index (χ0) is 14.0. The summed E-state index contributed by atoms with van der Waals surface area (Å²) < 4.78 is 1.42. The summed E-state index contributed by atoms with van der Waals surface area (Å²) >= 11 is 0. The van der Waals surface area contributed by atoms with Gasteiger partial charge in [-0.3, -0.25) is 9.48 Å². The Morgan fingerprint density at radius 1 is 1.42 bits per heavy atom. The zero-order valence-electron chi connectivity index (χ0n) is 10.4. The van der Waals surface area contributed by atoms with Gasteiger partial charge in [0.2, 0.25) is 0 Å². The van der Waals surface area contributed by atoms with E-state index in [2.05, 4.69) is 15.4 Å². The molecule has 0 aliphatic carbocycles. The highest BCUT2D eigenvalue weighted by atomic mass is 16.4. The molecule has 0 aliphatic heterocycles. The molecular weight excluding hydrogens is 248 g/mol. The van der Waals surface area contributed by atoms with Crippen LogP contribution in [0.5, 0.6) is 0 Å². The predicted molar refractivity (Wildman–Crippen MR) is 67.1 cm³/mol. The Kier molecular flexibility index (Phi) is 3.28. The van der Waals surface area contributed by atoms with Gasteiger partial charge in [-0.1, -0.05) is 0 Å². The van der Waals surface area contributed by atoms with E-state index in [1.165, 1.54) is 23.0 Å². The van der Waals surface area contributed by atoms with Crippen LogP contribution in [0, 0.1) is 6.92 Å². The molecule has 0 fully saturated rings. The highest BCUT2D eigenvalue weighted by molar-refractivity contribution is 6.06. The molecule has 0 radical (unpaired) electrons. The fraction of sp³-hybridized carbons (Fsp3) is 0.167. The number of carbonyl (C=O) groups is 2. The molecule has 7 nitrogen and oxygen atoms in total. The number of amides is 1. The molecule has 98 valence electrons. The number of aryl methyl sites for hydroxylation is 2. The predicted octanol–water partition coefficient (Wildman–Crippen LogP) is 1.07. The van der Waals surface area contributed by atoms with Crippen molar-refractivity contribution in [1.29, 1.82) is 0 Å². The van der Waals surface area contributed by atoms with Gasteiger partial charge in [0.25, 0.3) is 5.91 Å². The zero-order valence-corrected chi connectivity index (χ0v) is 10.4. The Balaban J connectivity index is 2.29. The van der Waals surface area contributed by atoms with E-state index in [0.717, 1.165) is 0 Å². The van der Waals surface area contributed by atoms with Crippen molar-refractivity contribution >= 4 is 17.7 Å². The van der Waals surface area contributed by atoms with Crippen molar-refractivity contribution in [1.82, 2.24) is 14.8 Å². The van der Waals surface area contributed by atoms with E-state index in [4.69, 9.17) is 5.11 Å². The molecule has 2 aromatic heterocycles. The average molecular weight is 260 g/mol. The van der Waals surface area contributed by atoms with Crippen LogP contribution in [-0.4, -0.2) is 31.7 Å². The van der Waals surface area contributed by atoms with Crippen LogP contribution in [0.25, 0.3) is 0 Å². The van der Waals surface area contributed by atoms with Crippen LogP contribution in [0.1, 0.15) is 26.5 Å². The number of nitrogens with zero attached hydrogens (tertiary/aromatic N) is 3. The average Bonchev–Trinajstić information content (AvgIpc) is 2.69. The number of carboxylic acid groups (broad SMARTS) is 1. The third kappa shape index (κ3) is 2.59. The van der Waals surface area contributed by atoms with E-state index in [0.29, 0.717) is 11.4 Å². The molecule has 0 saturated heterocycles. The molecule has 2 N–H and O–H groups in total. The van der Waals surface area contributed by atoms with Gasteiger partial charge in [-0.15, -0.1) is 0 Å². The Morgan fingerprint density at radius 2 is 2.16 bits per heavy atom. The van der Waals surface area contributed by atoms with E-state index in [1.54, 1.807) is 20.0 Å². The van der Waals surface area contributed by atoms with Gasteiger partial charge in [0.15, 0.2) is 0 Å². The molecular formula is C12H12N4O3. The van der Waals surface area contributed by atoms with Gasteiger partial charge in [-0.25, -0.2) is 9.78 Å². The summed E-state index contributed by atoms with van der Waals surface area (Å²) in [7, 11) is 1.64. The van der Waals surface area contributed by atoms with E-state index in [9.17, 15) is 9.59 Å². The van der Waals surface area contributed by atoms with Crippen molar-refractivity contribution in [3.8, 4) is 0 Å². The van der Waals surface area contributed by atoms with Crippen molar-refractivity contribution in [3.63, 3.8) is 0 Å². The maximum atomic E-state index is 12.0. The molecule has 0 aliphatic rings. The lowest BCUT2D eigenvalue weighted by Gasteiger charge is -2.06. The first-order valence-electron chi connectivity index (χ1n) is 5.49. The number of aromatic carboxylic acids is 1. The third-order valence-corrected chi connectivity index (χ3v) is 2.50. The highest BCUT2D eigenvalue weighted by Crippen LogP contribution is 2.13. The number of nitrogens with one attached hydrogen (secondary N) is 1. The standard InChI is InChI=1S/C12H12N4O3/c1-7-6-9(16(2)15-7)11(17)14-10-8(12(18)19)4-3-5-13-10/h3-6H,1-2H3,(H,18,19)(H,13,14,17). The summed E-state index contributed by atoms with van der Waals surface area (Å²) in [6.07, 6.45) is 1.41. The monoisotopic (exact) mass is 260 g/mol. The molecule has 0 unspecified atom stereocenters. The number of carbonyl (C=O) groups excluding carboxylic acids is 1. The van der Waals surface area contributed by atoms with Gasteiger partial charge in [0, 0.05) is 13.2 Å². The van der Waals surface area contributed by atoms with Crippen LogP contribution in [0.4, 0.5) is 5.82 Å². The Morgan fingerprint density at radius 3 is 2.74 bits per heavy atom. The second kappa shape index (κ2) is 4.89. The van der Waals surface area contributed by atoms with Crippen LogP contribution < -0.4 is 5.32 Å². The topological polar surface area (TPSA) is 97.1 Å². The summed E-state index contributed by atoms with van der Waals surface area (Å²) in [5, 5.41) is 15.5. The molecule has 2 heterocycles. The van der Waals surface area contributed by atoms with Gasteiger partial charge in [0.1, 0.15) is 17.1 Å². The number of anilines is 1. The lowest BCUT2D eigenvalue weighted by atomic mass is 10.2. The first-order chi connectivity index (χ1) is 8.99. The Hall–Kier alpha value is -2.70. The third-order valence-electron chi connectivity index (χ3n) is 2.50. The van der Waals surface area contributed by atoms with Gasteiger partial charge in [-0.05, 0) is 25.1 Å². The number of pyridine rings is 1. The summed E-state index contributed by atoms with van der Waals surface area (Å²) in [6.45, 7) is 1.76. The fourth-order valence-electron chi connectivity index (χ4n) is 1.67. The smallest absolute Gasteiger partial charge is 0.339 e. The van der Waals surface area contributed by atoms with Gasteiger partial charge >= 0.3 is 5.97 Å². The van der Waals surface area contributed by atoms with Crippen LogP contribution >= 0.6 is 0 Å². The van der Waals surface area contributed by atoms with Crippen molar-refractivity contribution in [2.45, 2.75) is 6.92 Å². The molecule has 2 aromatic rings. The van der Waals surface area contributed by atoms with Crippen LogP contribution in [-0.2, 0) is 7.05 Å². The number of hydrogen-bond acceptors (Lipinski definition) is 4. The molecule has 0 bridgehead atoms. The van der Waals surface area contributed by atoms with Gasteiger partial charge < -0.3 is 10.4 Å². The largest absolute Gasteiger partial charge is 0.478 e. The molecule has 0 spiro atoms. The number of aromatic nitrogens is 3. The normalized spacial score (nSPS) is 10.2. The second-order valence-corrected chi connectivity index (χ2v) is 3.95. The summed E-state index contributed by atoms with van der Waals surface area (Å²) in [4.78, 5) is 26.9. The second-order valence-electron chi connectivity index (χ2n) is 3.95. The van der Waals surface area contributed by atoms with Crippen LogP contribution in [0.15, 0.2) is 24.4 Å². The molecule has 2 rings (SSSR count). The van der Waals surface area contributed by atoms with Crippen LogP contribution in [0.2, 0.25) is 0 Å². The van der Waals surface area contributed by atoms with E-state index in [1.807, 2.05) is 0 Å². The lowest BCUT2D eigenvalue weighted by molar-refractivity contribution is 0.0697. The molecule has 1 amide bonds. The maximum absolute atomic E-state index is 12.0. The van der Waals surface area contributed by atoms with E-state index in [-0.39, 0.29) is 11.4 Å². The summed E-state index contributed by atoms with van der Waals surface area (Å²) in [5.74, 6) is -1.59. The van der Waals surface area contributed by atoms with Crippen LogP contribution in [0.3, 0.4) is 0 Å². The molecule has 7 heteroatoms. The quantitative estimate of drug-likeness (QED) is 0.860. The Labute approximate surface area is 108 Å². The van der Waals surface area contributed by atoms with Crippen molar-refractivity contribution < 1.29 is 14.7 Å². The van der Waals surface area contributed by atoms with E-state index < -0.39 is 11.9 Å². The number of hydrogen-bond donors (Lipinski definition) is 2. The van der Waals surface area contributed by atoms with E-state index >= 15 is 0 Å². The summed E-state index contributed by atoms with van der Waals surface area (Å²) in [6, 6.07) is 4.48. The molecule has 0 aromatic carbocycles. The highest BCUT2D eigenvalue weighted by Gasteiger charge is 2.16. The van der Waals surface area contributed by atoms with Crippen molar-refractivity contribution in [2.24, 2.45) is 7.05 Å². The SMILES string of the molecule is Cc1cc(C(=O)Nc2ncccc2C(=O)O)n(C)n1. The lowest BCUT2D eigenvalue weighted by Crippen LogP contribution is -2.18. The first kappa shape index (κ1) is 12.7.